The van der Waals surface area contributed by atoms with E-state index in [2.05, 4.69) is 31.4 Å². The van der Waals surface area contributed by atoms with Gasteiger partial charge >= 0.3 is 0 Å². The third-order valence-corrected chi connectivity index (χ3v) is 6.38. The first kappa shape index (κ1) is 22.1. The maximum absolute atomic E-state index is 13.1. The molecule has 0 unspecified atom stereocenters. The normalized spacial score (nSPS) is 22.3. The van der Waals surface area contributed by atoms with Crippen molar-refractivity contribution < 1.29 is 9.59 Å². The fourth-order valence-electron chi connectivity index (χ4n) is 4.61. The highest BCUT2D eigenvalue weighted by Crippen LogP contribution is 2.38. The van der Waals surface area contributed by atoms with Crippen LogP contribution in [-0.2, 0) is 4.79 Å². The van der Waals surface area contributed by atoms with Gasteiger partial charge in [0.15, 0.2) is 0 Å². The Labute approximate surface area is 180 Å². The number of carbonyl (C=O) groups is 2. The van der Waals surface area contributed by atoms with E-state index in [4.69, 9.17) is 0 Å². The van der Waals surface area contributed by atoms with Gasteiger partial charge < -0.3 is 10.6 Å². The molecule has 0 aliphatic heterocycles. The Hall–Kier alpha value is -2.62. The van der Waals surface area contributed by atoms with Gasteiger partial charge in [0.1, 0.15) is 0 Å². The largest absolute Gasteiger partial charge is 0.353 e. The van der Waals surface area contributed by atoms with Gasteiger partial charge in [-0.3, -0.25) is 9.59 Å². The zero-order valence-corrected chi connectivity index (χ0v) is 18.3. The van der Waals surface area contributed by atoms with E-state index in [1.54, 1.807) is 12.1 Å². The average Bonchev–Trinajstić information content (AvgIpc) is 2.77. The number of hydrogen-bond acceptors (Lipinski definition) is 2. The van der Waals surface area contributed by atoms with Gasteiger partial charge in [-0.15, -0.1) is 0 Å². The summed E-state index contributed by atoms with van der Waals surface area (Å²) in [6, 6.07) is 18.8. The molecule has 1 fully saturated rings. The molecule has 2 aromatic carbocycles. The van der Waals surface area contributed by atoms with E-state index in [0.717, 1.165) is 18.4 Å². The van der Waals surface area contributed by atoms with Crippen molar-refractivity contribution in [1.82, 2.24) is 10.6 Å². The van der Waals surface area contributed by atoms with E-state index in [-0.39, 0.29) is 23.8 Å². The Morgan fingerprint density at radius 2 is 1.60 bits per heavy atom. The summed E-state index contributed by atoms with van der Waals surface area (Å²) in [6.45, 7) is 7.06. The van der Waals surface area contributed by atoms with Crippen molar-refractivity contribution >= 4 is 11.8 Å². The van der Waals surface area contributed by atoms with Gasteiger partial charge in [-0.05, 0) is 48.3 Å². The molecule has 2 aromatic rings. The van der Waals surface area contributed by atoms with Crippen LogP contribution in [0.4, 0.5) is 0 Å². The number of carbonyl (C=O) groups excluding carboxylic acids is 2. The third-order valence-electron chi connectivity index (χ3n) is 6.38. The number of hydrogen-bond donors (Lipinski definition) is 2. The average molecular weight is 407 g/mol. The first-order valence-electron chi connectivity index (χ1n) is 11.1. The fraction of sp³-hybridized carbons (Fsp3) is 0.462. The molecule has 30 heavy (non-hydrogen) atoms. The zero-order valence-electron chi connectivity index (χ0n) is 18.3. The molecule has 4 nitrogen and oxygen atoms in total. The van der Waals surface area contributed by atoms with E-state index < -0.39 is 0 Å². The molecule has 4 atom stereocenters. The van der Waals surface area contributed by atoms with Crippen LogP contribution in [0.3, 0.4) is 0 Å². The van der Waals surface area contributed by atoms with Crippen molar-refractivity contribution in [3.63, 3.8) is 0 Å². The summed E-state index contributed by atoms with van der Waals surface area (Å²) >= 11 is 0. The molecular weight excluding hydrogens is 372 g/mol. The lowest BCUT2D eigenvalue weighted by molar-refractivity contribution is -0.129. The zero-order chi connectivity index (χ0) is 21.5. The molecule has 0 spiro atoms. The summed E-state index contributed by atoms with van der Waals surface area (Å²) in [5.41, 5.74) is 1.60. The van der Waals surface area contributed by atoms with Crippen LogP contribution < -0.4 is 10.6 Å². The highest BCUT2D eigenvalue weighted by Gasteiger charge is 2.35. The van der Waals surface area contributed by atoms with Crippen LogP contribution in [0.2, 0.25) is 0 Å². The quantitative estimate of drug-likeness (QED) is 0.681. The summed E-state index contributed by atoms with van der Waals surface area (Å²) in [6.07, 6.45) is 3.26. The Morgan fingerprint density at radius 1 is 0.967 bits per heavy atom. The molecule has 0 aromatic heterocycles. The summed E-state index contributed by atoms with van der Waals surface area (Å²) in [4.78, 5) is 25.9. The number of amides is 2. The van der Waals surface area contributed by atoms with Gasteiger partial charge in [-0.1, -0.05) is 75.7 Å². The molecule has 2 N–H and O–H groups in total. The van der Waals surface area contributed by atoms with Crippen molar-refractivity contribution in [2.24, 2.45) is 23.7 Å². The number of nitrogens with one attached hydrogen (secondary N) is 2. The molecule has 0 bridgehead atoms. The van der Waals surface area contributed by atoms with Crippen LogP contribution in [0.1, 0.15) is 62.0 Å². The summed E-state index contributed by atoms with van der Waals surface area (Å²) in [5.74, 6) is 1.54. The summed E-state index contributed by atoms with van der Waals surface area (Å²) < 4.78 is 0. The minimum absolute atomic E-state index is 0.0509. The van der Waals surface area contributed by atoms with Gasteiger partial charge in [0.05, 0.1) is 6.04 Å². The smallest absolute Gasteiger partial charge is 0.251 e. The Kier molecular flexibility index (Phi) is 7.67. The number of benzene rings is 2. The van der Waals surface area contributed by atoms with E-state index in [1.807, 2.05) is 48.5 Å². The molecular formula is C26H34N2O2. The molecule has 0 heterocycles. The highest BCUT2D eigenvalue weighted by atomic mass is 16.2. The lowest BCUT2D eigenvalue weighted by Crippen LogP contribution is -2.44. The minimum Gasteiger partial charge on any atom is -0.353 e. The fourth-order valence-corrected chi connectivity index (χ4v) is 4.61. The monoisotopic (exact) mass is 406 g/mol. The van der Waals surface area contributed by atoms with Gasteiger partial charge in [0.2, 0.25) is 5.91 Å². The van der Waals surface area contributed by atoms with E-state index in [0.29, 0.717) is 29.9 Å². The first-order valence-corrected chi connectivity index (χ1v) is 11.1. The van der Waals surface area contributed by atoms with Crippen molar-refractivity contribution in [3.8, 4) is 0 Å². The Balaban J connectivity index is 1.70. The summed E-state index contributed by atoms with van der Waals surface area (Å²) in [5, 5.41) is 6.26. The standard InChI is InChI=1S/C26H34N2O2/c1-18(2)22-15-14-19(3)16-23(22)26(30)27-17-24(20-10-6-4-7-11-20)28-25(29)21-12-8-5-9-13-21/h4-13,18-19,22-24H,14-17H2,1-3H3,(H,27,30)(H,28,29)/t19-,22+,23+,24+/m1/s1. The second kappa shape index (κ2) is 10.4. The van der Waals surface area contributed by atoms with E-state index in [1.165, 1.54) is 6.42 Å². The molecule has 0 saturated heterocycles. The second-order valence-corrected chi connectivity index (χ2v) is 8.98. The molecule has 160 valence electrons. The van der Waals surface area contributed by atoms with Crippen molar-refractivity contribution in [1.29, 1.82) is 0 Å². The summed E-state index contributed by atoms with van der Waals surface area (Å²) in [7, 11) is 0. The maximum atomic E-state index is 13.1. The van der Waals surface area contributed by atoms with Crippen LogP contribution in [0.25, 0.3) is 0 Å². The lowest BCUT2D eigenvalue weighted by atomic mass is 9.70. The van der Waals surface area contributed by atoms with Gasteiger partial charge in [0, 0.05) is 18.0 Å². The van der Waals surface area contributed by atoms with Crippen LogP contribution in [0, 0.1) is 23.7 Å². The van der Waals surface area contributed by atoms with Gasteiger partial charge in [0.25, 0.3) is 5.91 Å². The SMILES string of the molecule is CC(C)[C@@H]1CC[C@@H](C)C[C@@H]1C(=O)NC[C@H](NC(=O)c1ccccc1)c1ccccc1. The van der Waals surface area contributed by atoms with Crippen molar-refractivity contribution in [2.45, 2.75) is 46.1 Å². The highest BCUT2D eigenvalue weighted by molar-refractivity contribution is 5.94. The predicted octanol–water partition coefficient (Wildman–Crippen LogP) is 4.98. The van der Waals surface area contributed by atoms with Gasteiger partial charge in [-0.2, -0.15) is 0 Å². The predicted molar refractivity (Wildman–Crippen MR) is 121 cm³/mol. The third kappa shape index (κ3) is 5.71. The molecule has 1 aliphatic rings. The maximum Gasteiger partial charge on any atom is 0.251 e. The number of rotatable bonds is 7. The Bertz CT molecular complexity index is 819. The van der Waals surface area contributed by atoms with E-state index >= 15 is 0 Å². The topological polar surface area (TPSA) is 58.2 Å². The van der Waals surface area contributed by atoms with Crippen LogP contribution >= 0.6 is 0 Å². The van der Waals surface area contributed by atoms with Crippen molar-refractivity contribution in [2.75, 3.05) is 6.54 Å². The minimum atomic E-state index is -0.277. The molecule has 4 heteroatoms. The first-order chi connectivity index (χ1) is 14.5. The molecule has 1 aliphatic carbocycles. The van der Waals surface area contributed by atoms with E-state index in [9.17, 15) is 9.59 Å². The Morgan fingerprint density at radius 3 is 2.23 bits per heavy atom. The van der Waals surface area contributed by atoms with Crippen LogP contribution in [0.5, 0.6) is 0 Å². The van der Waals surface area contributed by atoms with Crippen LogP contribution in [-0.4, -0.2) is 18.4 Å². The van der Waals surface area contributed by atoms with Crippen molar-refractivity contribution in [3.05, 3.63) is 71.8 Å². The lowest BCUT2D eigenvalue weighted by Gasteiger charge is -2.36. The molecule has 1 saturated carbocycles. The second-order valence-electron chi connectivity index (χ2n) is 8.98. The molecule has 3 rings (SSSR count). The van der Waals surface area contributed by atoms with Crippen LogP contribution in [0.15, 0.2) is 60.7 Å². The molecule has 0 radical (unpaired) electrons. The van der Waals surface area contributed by atoms with Gasteiger partial charge in [-0.25, -0.2) is 0 Å². The molecule has 2 amide bonds.